The maximum Gasteiger partial charge on any atom is 0.254 e. The predicted molar refractivity (Wildman–Crippen MR) is 82.1 cm³/mol. The first-order valence-electron chi connectivity index (χ1n) is 6.49. The van der Waals surface area contributed by atoms with Crippen LogP contribution in [0.4, 0.5) is 4.39 Å². The van der Waals surface area contributed by atoms with Crippen LogP contribution in [0.3, 0.4) is 0 Å². The number of carbonyl (C=O) groups excluding carboxylic acids is 1. The van der Waals surface area contributed by atoms with E-state index in [4.69, 9.17) is 21.1 Å². The van der Waals surface area contributed by atoms with Crippen LogP contribution < -0.4 is 14.8 Å². The van der Waals surface area contributed by atoms with Gasteiger partial charge in [-0.1, -0.05) is 11.6 Å². The van der Waals surface area contributed by atoms with Gasteiger partial charge in [0, 0.05) is 23.2 Å². The summed E-state index contributed by atoms with van der Waals surface area (Å²) >= 11 is 5.92. The third kappa shape index (κ3) is 3.68. The zero-order valence-corrected chi connectivity index (χ0v) is 12.9. The quantitative estimate of drug-likeness (QED) is 0.917. The molecule has 2 aromatic carbocycles. The molecular weight excluding hydrogens is 309 g/mol. The van der Waals surface area contributed by atoms with Crippen molar-refractivity contribution in [1.29, 1.82) is 0 Å². The molecule has 0 saturated carbocycles. The lowest BCUT2D eigenvalue weighted by molar-refractivity contribution is 0.0946. The molecule has 0 atom stereocenters. The highest BCUT2D eigenvalue weighted by Gasteiger charge is 2.13. The van der Waals surface area contributed by atoms with E-state index >= 15 is 0 Å². The van der Waals surface area contributed by atoms with Crippen molar-refractivity contribution in [3.8, 4) is 11.5 Å². The highest BCUT2D eigenvalue weighted by Crippen LogP contribution is 2.22. The molecule has 1 N–H and O–H groups in total. The number of hydrogen-bond donors (Lipinski definition) is 1. The van der Waals surface area contributed by atoms with Gasteiger partial charge in [0.2, 0.25) is 0 Å². The van der Waals surface area contributed by atoms with Crippen LogP contribution in [0.1, 0.15) is 15.9 Å². The maximum atomic E-state index is 13.8. The summed E-state index contributed by atoms with van der Waals surface area (Å²) in [4.78, 5) is 12.1. The summed E-state index contributed by atoms with van der Waals surface area (Å²) in [5, 5.41) is 3.17. The standard InChI is InChI=1S/C16H15ClFNO3/c1-21-12-4-5-13(14(18)8-12)16(20)19-9-10-7-11(17)3-6-15(10)22-2/h3-8H,9H2,1-2H3,(H,19,20). The molecule has 0 spiro atoms. The Morgan fingerprint density at radius 3 is 2.59 bits per heavy atom. The average molecular weight is 324 g/mol. The van der Waals surface area contributed by atoms with E-state index < -0.39 is 11.7 Å². The van der Waals surface area contributed by atoms with E-state index in [1.807, 2.05) is 0 Å². The molecule has 0 heterocycles. The molecule has 0 aliphatic heterocycles. The Morgan fingerprint density at radius 2 is 1.95 bits per heavy atom. The Kier molecular flexibility index (Phi) is 5.22. The summed E-state index contributed by atoms with van der Waals surface area (Å²) in [5.74, 6) is -0.220. The topological polar surface area (TPSA) is 47.6 Å². The zero-order chi connectivity index (χ0) is 16.1. The highest BCUT2D eigenvalue weighted by molar-refractivity contribution is 6.30. The van der Waals surface area contributed by atoms with Gasteiger partial charge in [0.25, 0.3) is 5.91 Å². The number of carbonyl (C=O) groups is 1. The number of nitrogens with one attached hydrogen (secondary N) is 1. The van der Waals surface area contributed by atoms with Gasteiger partial charge in [0.05, 0.1) is 19.8 Å². The molecule has 22 heavy (non-hydrogen) atoms. The van der Waals surface area contributed by atoms with Crippen molar-refractivity contribution < 1.29 is 18.7 Å². The number of benzene rings is 2. The molecule has 0 aliphatic carbocycles. The van der Waals surface area contributed by atoms with Gasteiger partial charge < -0.3 is 14.8 Å². The van der Waals surface area contributed by atoms with E-state index in [-0.39, 0.29) is 12.1 Å². The molecule has 116 valence electrons. The minimum absolute atomic E-state index is 0.0539. The fourth-order valence-electron chi connectivity index (χ4n) is 1.96. The third-order valence-electron chi connectivity index (χ3n) is 3.10. The maximum absolute atomic E-state index is 13.8. The third-order valence-corrected chi connectivity index (χ3v) is 3.34. The summed E-state index contributed by atoms with van der Waals surface area (Å²) in [6.07, 6.45) is 0. The van der Waals surface area contributed by atoms with Crippen LogP contribution in [0.15, 0.2) is 36.4 Å². The number of halogens is 2. The Bertz CT molecular complexity index is 691. The molecule has 6 heteroatoms. The van der Waals surface area contributed by atoms with Gasteiger partial charge in [-0.05, 0) is 30.3 Å². The van der Waals surface area contributed by atoms with Crippen molar-refractivity contribution in [1.82, 2.24) is 5.32 Å². The molecule has 1 amide bonds. The Balaban J connectivity index is 2.12. The van der Waals surface area contributed by atoms with Crippen molar-refractivity contribution in [3.05, 3.63) is 58.4 Å². The molecule has 0 aliphatic rings. The number of amides is 1. The van der Waals surface area contributed by atoms with Gasteiger partial charge in [-0.15, -0.1) is 0 Å². The second kappa shape index (κ2) is 7.13. The second-order valence-corrected chi connectivity index (χ2v) is 4.92. The first kappa shape index (κ1) is 16.1. The number of rotatable bonds is 5. The van der Waals surface area contributed by atoms with Crippen LogP contribution >= 0.6 is 11.6 Å². The van der Waals surface area contributed by atoms with Gasteiger partial charge in [-0.3, -0.25) is 4.79 Å². The summed E-state index contributed by atoms with van der Waals surface area (Å²) in [5.41, 5.74) is 0.652. The fraction of sp³-hybridized carbons (Fsp3) is 0.188. The van der Waals surface area contributed by atoms with E-state index in [0.717, 1.165) is 6.07 Å². The molecule has 0 radical (unpaired) electrons. The Labute approximate surface area is 132 Å². The van der Waals surface area contributed by atoms with Crippen LogP contribution in [0, 0.1) is 5.82 Å². The summed E-state index contributed by atoms with van der Waals surface area (Å²) in [6.45, 7) is 0.175. The lowest BCUT2D eigenvalue weighted by Gasteiger charge is -2.11. The van der Waals surface area contributed by atoms with Crippen LogP contribution in [-0.4, -0.2) is 20.1 Å². The van der Waals surface area contributed by atoms with Crippen molar-refractivity contribution in [2.24, 2.45) is 0 Å². The lowest BCUT2D eigenvalue weighted by Crippen LogP contribution is -2.24. The van der Waals surface area contributed by atoms with Crippen LogP contribution in [0.2, 0.25) is 5.02 Å². The minimum atomic E-state index is -0.644. The largest absolute Gasteiger partial charge is 0.497 e. The van der Waals surface area contributed by atoms with Crippen molar-refractivity contribution >= 4 is 17.5 Å². The Hall–Kier alpha value is -2.27. The van der Waals surface area contributed by atoms with E-state index in [1.165, 1.54) is 26.4 Å². The van der Waals surface area contributed by atoms with Gasteiger partial charge in [0.1, 0.15) is 17.3 Å². The molecule has 0 aromatic heterocycles. The molecular formula is C16H15ClFNO3. The second-order valence-electron chi connectivity index (χ2n) is 4.48. The van der Waals surface area contributed by atoms with E-state index in [9.17, 15) is 9.18 Å². The summed E-state index contributed by atoms with van der Waals surface area (Å²) in [7, 11) is 2.96. The molecule has 0 bridgehead atoms. The monoisotopic (exact) mass is 323 g/mol. The first-order valence-corrected chi connectivity index (χ1v) is 6.87. The molecule has 2 rings (SSSR count). The van der Waals surface area contributed by atoms with Gasteiger partial charge in [0.15, 0.2) is 0 Å². The first-order chi connectivity index (χ1) is 10.5. The SMILES string of the molecule is COc1ccc(C(=O)NCc2cc(Cl)ccc2OC)c(F)c1. The molecule has 4 nitrogen and oxygen atoms in total. The number of ether oxygens (including phenoxy) is 2. The van der Waals surface area contributed by atoms with Crippen LogP contribution in [0.5, 0.6) is 11.5 Å². The molecule has 2 aromatic rings. The van der Waals surface area contributed by atoms with Gasteiger partial charge >= 0.3 is 0 Å². The normalized spacial score (nSPS) is 10.2. The predicted octanol–water partition coefficient (Wildman–Crippen LogP) is 3.43. The van der Waals surface area contributed by atoms with Crippen molar-refractivity contribution in [2.75, 3.05) is 14.2 Å². The van der Waals surface area contributed by atoms with E-state index in [1.54, 1.807) is 18.2 Å². The highest BCUT2D eigenvalue weighted by atomic mass is 35.5. The zero-order valence-electron chi connectivity index (χ0n) is 12.2. The number of hydrogen-bond acceptors (Lipinski definition) is 3. The van der Waals surface area contributed by atoms with Crippen molar-refractivity contribution in [2.45, 2.75) is 6.54 Å². The van der Waals surface area contributed by atoms with Crippen LogP contribution in [-0.2, 0) is 6.54 Å². The fourth-order valence-corrected chi connectivity index (χ4v) is 2.16. The van der Waals surface area contributed by atoms with Gasteiger partial charge in [-0.25, -0.2) is 4.39 Å². The van der Waals surface area contributed by atoms with Crippen LogP contribution in [0.25, 0.3) is 0 Å². The van der Waals surface area contributed by atoms with Crippen molar-refractivity contribution in [3.63, 3.8) is 0 Å². The molecule has 0 fully saturated rings. The summed E-state index contributed by atoms with van der Waals surface area (Å²) in [6, 6.07) is 9.14. The summed E-state index contributed by atoms with van der Waals surface area (Å²) < 4.78 is 23.9. The minimum Gasteiger partial charge on any atom is -0.497 e. The van der Waals surface area contributed by atoms with E-state index in [2.05, 4.69) is 5.32 Å². The molecule has 0 saturated heterocycles. The lowest BCUT2D eigenvalue weighted by atomic mass is 10.1. The average Bonchev–Trinajstić information content (AvgIpc) is 2.52. The van der Waals surface area contributed by atoms with Gasteiger partial charge in [-0.2, -0.15) is 0 Å². The van der Waals surface area contributed by atoms with E-state index in [0.29, 0.717) is 22.1 Å². The number of methoxy groups -OCH3 is 2. The Morgan fingerprint density at radius 1 is 1.18 bits per heavy atom. The molecule has 0 unspecified atom stereocenters. The smallest absolute Gasteiger partial charge is 0.254 e.